The fourth-order valence-corrected chi connectivity index (χ4v) is 2.09. The number of halogens is 1. The Hall–Kier alpha value is -2.62. The Bertz CT molecular complexity index is 738. The second-order valence-electron chi connectivity index (χ2n) is 4.83. The largest absolute Gasteiger partial charge is 0.489 e. The molecule has 1 heterocycles. The smallest absolute Gasteiger partial charge is 0.123 e. The lowest BCUT2D eigenvalue weighted by atomic mass is 10.2. The molecule has 21 heavy (non-hydrogen) atoms. The molecule has 0 bridgehead atoms. The van der Waals surface area contributed by atoms with Gasteiger partial charge in [-0.05, 0) is 42.8 Å². The molecular formula is C17H15FN2O. The minimum atomic E-state index is -0.253. The van der Waals surface area contributed by atoms with Gasteiger partial charge in [-0.15, -0.1) is 0 Å². The van der Waals surface area contributed by atoms with E-state index in [0.717, 1.165) is 16.8 Å². The molecular weight excluding hydrogens is 267 g/mol. The van der Waals surface area contributed by atoms with Gasteiger partial charge in [-0.2, -0.15) is 5.10 Å². The number of aromatic nitrogens is 2. The van der Waals surface area contributed by atoms with Gasteiger partial charge in [0.2, 0.25) is 0 Å². The minimum Gasteiger partial charge on any atom is -0.489 e. The maximum atomic E-state index is 13.0. The molecule has 1 aromatic heterocycles. The zero-order valence-corrected chi connectivity index (χ0v) is 11.7. The van der Waals surface area contributed by atoms with Crippen LogP contribution in [0.3, 0.4) is 0 Å². The first-order valence-electron chi connectivity index (χ1n) is 6.70. The van der Waals surface area contributed by atoms with Gasteiger partial charge >= 0.3 is 0 Å². The Morgan fingerprint density at radius 2 is 1.95 bits per heavy atom. The first-order chi connectivity index (χ1) is 10.2. The molecule has 0 aliphatic rings. The van der Waals surface area contributed by atoms with Crippen molar-refractivity contribution in [2.24, 2.45) is 0 Å². The van der Waals surface area contributed by atoms with E-state index < -0.39 is 0 Å². The number of ether oxygens (including phenoxy) is 1. The van der Waals surface area contributed by atoms with Crippen LogP contribution in [0, 0.1) is 12.7 Å². The van der Waals surface area contributed by atoms with Gasteiger partial charge in [-0.25, -0.2) is 9.07 Å². The first kappa shape index (κ1) is 13.4. The van der Waals surface area contributed by atoms with Crippen molar-refractivity contribution in [3.8, 4) is 11.4 Å². The van der Waals surface area contributed by atoms with Gasteiger partial charge in [0.05, 0.1) is 11.9 Å². The molecule has 3 rings (SSSR count). The van der Waals surface area contributed by atoms with Crippen molar-refractivity contribution in [1.29, 1.82) is 0 Å². The highest BCUT2D eigenvalue weighted by molar-refractivity contribution is 5.33. The summed E-state index contributed by atoms with van der Waals surface area (Å²) in [4.78, 5) is 0. The highest BCUT2D eigenvalue weighted by atomic mass is 19.1. The summed E-state index contributed by atoms with van der Waals surface area (Å²) in [5, 5.41) is 4.31. The van der Waals surface area contributed by atoms with E-state index in [-0.39, 0.29) is 5.82 Å². The van der Waals surface area contributed by atoms with Crippen molar-refractivity contribution < 1.29 is 9.13 Å². The Morgan fingerprint density at radius 1 is 1.14 bits per heavy atom. The van der Waals surface area contributed by atoms with Crippen molar-refractivity contribution in [2.75, 3.05) is 0 Å². The van der Waals surface area contributed by atoms with Crippen LogP contribution in [0.1, 0.15) is 11.1 Å². The molecule has 0 spiro atoms. The summed E-state index contributed by atoms with van der Waals surface area (Å²) in [5.41, 5.74) is 2.75. The molecule has 3 aromatic rings. The second-order valence-corrected chi connectivity index (χ2v) is 4.83. The van der Waals surface area contributed by atoms with Crippen LogP contribution in [0.15, 0.2) is 60.9 Å². The lowest BCUT2D eigenvalue weighted by Gasteiger charge is -2.07. The third kappa shape index (κ3) is 3.11. The normalized spacial score (nSPS) is 10.6. The molecule has 0 atom stereocenters. The zero-order chi connectivity index (χ0) is 14.7. The molecule has 4 heteroatoms. The van der Waals surface area contributed by atoms with Gasteiger partial charge in [0, 0.05) is 11.8 Å². The maximum Gasteiger partial charge on any atom is 0.123 e. The van der Waals surface area contributed by atoms with Crippen molar-refractivity contribution in [3.05, 3.63) is 77.9 Å². The lowest BCUT2D eigenvalue weighted by Crippen LogP contribution is -1.97. The summed E-state index contributed by atoms with van der Waals surface area (Å²) in [5.74, 6) is 0.431. The van der Waals surface area contributed by atoms with E-state index in [1.165, 1.54) is 12.1 Å². The molecule has 3 nitrogen and oxygen atoms in total. The number of para-hydroxylation sites is 1. The third-order valence-corrected chi connectivity index (χ3v) is 3.19. The van der Waals surface area contributed by atoms with Crippen LogP contribution in [0.5, 0.6) is 5.75 Å². The van der Waals surface area contributed by atoms with E-state index in [1.54, 1.807) is 16.9 Å². The second kappa shape index (κ2) is 5.79. The maximum absolute atomic E-state index is 13.0. The van der Waals surface area contributed by atoms with Gasteiger partial charge in [0.25, 0.3) is 0 Å². The Morgan fingerprint density at radius 3 is 2.71 bits per heavy atom. The summed E-state index contributed by atoms with van der Waals surface area (Å²) >= 11 is 0. The number of aryl methyl sites for hydroxylation is 1. The van der Waals surface area contributed by atoms with E-state index in [2.05, 4.69) is 5.10 Å². The van der Waals surface area contributed by atoms with Crippen molar-refractivity contribution >= 4 is 0 Å². The fraction of sp³-hybridized carbons (Fsp3) is 0.118. The highest BCUT2D eigenvalue weighted by Gasteiger charge is 2.04. The van der Waals surface area contributed by atoms with Crippen LogP contribution in [0.4, 0.5) is 4.39 Å². The fourth-order valence-electron chi connectivity index (χ4n) is 2.09. The van der Waals surface area contributed by atoms with Gasteiger partial charge in [0.1, 0.15) is 18.2 Å². The average molecular weight is 282 g/mol. The number of benzene rings is 2. The van der Waals surface area contributed by atoms with Crippen LogP contribution in [0.25, 0.3) is 5.69 Å². The molecule has 0 N–H and O–H groups in total. The molecule has 0 aliphatic carbocycles. The third-order valence-electron chi connectivity index (χ3n) is 3.19. The molecule has 0 unspecified atom stereocenters. The van der Waals surface area contributed by atoms with Gasteiger partial charge in [0.15, 0.2) is 0 Å². The SMILES string of the molecule is Cc1cc(F)ccc1OCc1cnn(-c2ccccc2)c1. The summed E-state index contributed by atoms with van der Waals surface area (Å²) in [6.45, 7) is 2.23. The number of hydrogen-bond acceptors (Lipinski definition) is 2. The number of rotatable bonds is 4. The summed E-state index contributed by atoms with van der Waals surface area (Å²) in [6, 6.07) is 14.4. The average Bonchev–Trinajstić information content (AvgIpc) is 2.96. The van der Waals surface area contributed by atoms with Crippen molar-refractivity contribution in [2.45, 2.75) is 13.5 Å². The molecule has 0 radical (unpaired) electrons. The summed E-state index contributed by atoms with van der Waals surface area (Å²) in [7, 11) is 0. The monoisotopic (exact) mass is 282 g/mol. The standard InChI is InChI=1S/C17H15FN2O/c1-13-9-15(18)7-8-17(13)21-12-14-10-19-20(11-14)16-5-3-2-4-6-16/h2-11H,12H2,1H3. The molecule has 0 saturated heterocycles. The van der Waals surface area contributed by atoms with Gasteiger partial charge in [-0.1, -0.05) is 18.2 Å². The zero-order valence-electron chi connectivity index (χ0n) is 11.7. The topological polar surface area (TPSA) is 27.1 Å². The van der Waals surface area contributed by atoms with Gasteiger partial charge < -0.3 is 4.74 Å². The molecule has 0 fully saturated rings. The Balaban J connectivity index is 1.70. The van der Waals surface area contributed by atoms with Crippen LogP contribution in [0.2, 0.25) is 0 Å². The molecule has 2 aromatic carbocycles. The van der Waals surface area contributed by atoms with E-state index in [1.807, 2.05) is 43.5 Å². The molecule has 106 valence electrons. The summed E-state index contributed by atoms with van der Waals surface area (Å²) < 4.78 is 20.5. The Labute approximate surface area is 122 Å². The van der Waals surface area contributed by atoms with Crippen molar-refractivity contribution in [1.82, 2.24) is 9.78 Å². The van der Waals surface area contributed by atoms with Gasteiger partial charge in [-0.3, -0.25) is 0 Å². The predicted octanol–water partition coefficient (Wildman–Crippen LogP) is 3.90. The van der Waals surface area contributed by atoms with E-state index in [9.17, 15) is 4.39 Å². The van der Waals surface area contributed by atoms with Crippen LogP contribution < -0.4 is 4.74 Å². The molecule has 0 saturated carbocycles. The summed E-state index contributed by atoms with van der Waals surface area (Å²) in [6.07, 6.45) is 3.69. The quantitative estimate of drug-likeness (QED) is 0.725. The predicted molar refractivity (Wildman–Crippen MR) is 79.0 cm³/mol. The first-order valence-corrected chi connectivity index (χ1v) is 6.70. The van der Waals surface area contributed by atoms with E-state index >= 15 is 0 Å². The van der Waals surface area contributed by atoms with E-state index in [4.69, 9.17) is 4.74 Å². The van der Waals surface area contributed by atoms with E-state index in [0.29, 0.717) is 12.4 Å². The lowest BCUT2D eigenvalue weighted by molar-refractivity contribution is 0.303. The van der Waals surface area contributed by atoms with Crippen LogP contribution in [-0.4, -0.2) is 9.78 Å². The molecule has 0 aliphatic heterocycles. The Kier molecular flexibility index (Phi) is 3.69. The minimum absolute atomic E-state index is 0.253. The highest BCUT2D eigenvalue weighted by Crippen LogP contribution is 2.19. The number of hydrogen-bond donors (Lipinski definition) is 0. The molecule has 0 amide bonds. The van der Waals surface area contributed by atoms with Crippen LogP contribution >= 0.6 is 0 Å². The number of nitrogens with zero attached hydrogens (tertiary/aromatic N) is 2. The van der Waals surface area contributed by atoms with Crippen molar-refractivity contribution in [3.63, 3.8) is 0 Å². The van der Waals surface area contributed by atoms with Crippen LogP contribution in [-0.2, 0) is 6.61 Å².